The lowest BCUT2D eigenvalue weighted by atomic mass is 10.0. The number of amides is 1. The molecule has 128 valence electrons. The summed E-state index contributed by atoms with van der Waals surface area (Å²) in [6.45, 7) is 1.83. The fraction of sp³-hybridized carbons (Fsp3) is 0.647. The van der Waals surface area contributed by atoms with Crippen molar-refractivity contribution in [3.8, 4) is 12.3 Å². The Morgan fingerprint density at radius 3 is 3.00 bits per heavy atom. The summed E-state index contributed by atoms with van der Waals surface area (Å²) in [6, 6.07) is 0.182. The molecule has 1 fully saturated rings. The van der Waals surface area contributed by atoms with E-state index in [2.05, 4.69) is 31.5 Å². The first-order valence-corrected chi connectivity index (χ1v) is 8.51. The van der Waals surface area contributed by atoms with E-state index in [9.17, 15) is 4.79 Å². The maximum absolute atomic E-state index is 12.2. The molecule has 3 heterocycles. The van der Waals surface area contributed by atoms with E-state index in [0.29, 0.717) is 19.3 Å². The number of nitrogens with one attached hydrogen (secondary N) is 1. The molecule has 1 N–H and O–H groups in total. The van der Waals surface area contributed by atoms with Crippen LogP contribution < -0.4 is 10.2 Å². The summed E-state index contributed by atoms with van der Waals surface area (Å²) in [4.78, 5) is 14.5. The molecule has 1 aromatic heterocycles. The van der Waals surface area contributed by atoms with Crippen molar-refractivity contribution in [3.05, 3.63) is 12.4 Å². The minimum atomic E-state index is -0.377. The third-order valence-corrected chi connectivity index (χ3v) is 4.65. The number of carbonyl (C=O) groups excluding carboxylic acids is 1. The molecule has 0 aromatic carbocycles. The molecule has 1 amide bonds. The van der Waals surface area contributed by atoms with Gasteiger partial charge in [-0.15, -0.1) is 12.3 Å². The Labute approximate surface area is 142 Å². The number of hydrogen-bond donors (Lipinski definition) is 1. The van der Waals surface area contributed by atoms with Crippen LogP contribution in [0.25, 0.3) is 0 Å². The molecule has 0 saturated carbocycles. The number of terminal acetylenes is 1. The van der Waals surface area contributed by atoms with Crippen LogP contribution in [0.1, 0.15) is 38.5 Å². The molecule has 24 heavy (non-hydrogen) atoms. The molecule has 1 unspecified atom stereocenters. The highest BCUT2D eigenvalue weighted by atomic mass is 16.1. The zero-order valence-corrected chi connectivity index (χ0v) is 14.1. The van der Waals surface area contributed by atoms with Crippen molar-refractivity contribution >= 4 is 11.6 Å². The standard InChI is InChI=1S/C17H24N6O/c1-3-4-8-17(20-21-17)9-7-16(24)19-14-6-5-10-23(12-14)15-11-18-22(2)13-15/h1,11,13-14H,4-10,12H2,2H3,(H,19,24). The molecule has 0 aliphatic carbocycles. The largest absolute Gasteiger partial charge is 0.367 e. The van der Waals surface area contributed by atoms with Crippen LogP contribution >= 0.6 is 0 Å². The van der Waals surface area contributed by atoms with Crippen molar-refractivity contribution in [2.75, 3.05) is 18.0 Å². The molecule has 3 rings (SSSR count). The number of hydrogen-bond acceptors (Lipinski definition) is 5. The Kier molecular flexibility index (Phi) is 4.84. The predicted molar refractivity (Wildman–Crippen MR) is 91.5 cm³/mol. The SMILES string of the molecule is C#CCCC1(CCC(=O)NC2CCCN(c3cnn(C)c3)C2)N=N1. The summed E-state index contributed by atoms with van der Waals surface area (Å²) >= 11 is 0. The van der Waals surface area contributed by atoms with Crippen molar-refractivity contribution < 1.29 is 4.79 Å². The van der Waals surface area contributed by atoms with Gasteiger partial charge < -0.3 is 10.2 Å². The number of aryl methyl sites for hydroxylation is 1. The molecular weight excluding hydrogens is 304 g/mol. The normalized spacial score (nSPS) is 21.3. The van der Waals surface area contributed by atoms with E-state index in [0.717, 1.165) is 38.0 Å². The van der Waals surface area contributed by atoms with E-state index in [1.165, 1.54) is 0 Å². The number of anilines is 1. The predicted octanol–water partition coefficient (Wildman–Crippen LogP) is 1.86. The molecule has 7 heteroatoms. The molecule has 0 spiro atoms. The Morgan fingerprint density at radius 2 is 2.33 bits per heavy atom. The van der Waals surface area contributed by atoms with Crippen molar-refractivity contribution in [2.45, 2.75) is 50.2 Å². The van der Waals surface area contributed by atoms with E-state index in [-0.39, 0.29) is 17.6 Å². The fourth-order valence-electron chi connectivity index (χ4n) is 3.18. The average Bonchev–Trinajstić information content (AvgIpc) is 3.23. The topological polar surface area (TPSA) is 74.9 Å². The Balaban J connectivity index is 1.44. The molecule has 2 aliphatic heterocycles. The molecule has 7 nitrogen and oxygen atoms in total. The highest BCUT2D eigenvalue weighted by molar-refractivity contribution is 5.76. The molecule has 1 saturated heterocycles. The van der Waals surface area contributed by atoms with Gasteiger partial charge >= 0.3 is 0 Å². The summed E-state index contributed by atoms with van der Waals surface area (Å²) in [7, 11) is 1.91. The minimum absolute atomic E-state index is 0.0745. The van der Waals surface area contributed by atoms with E-state index in [1.807, 2.05) is 19.4 Å². The number of carbonyl (C=O) groups is 1. The molecule has 0 radical (unpaired) electrons. The number of nitrogens with zero attached hydrogens (tertiary/aromatic N) is 5. The number of aromatic nitrogens is 2. The summed E-state index contributed by atoms with van der Waals surface area (Å²) in [5.41, 5.74) is 0.734. The smallest absolute Gasteiger partial charge is 0.220 e. The van der Waals surface area contributed by atoms with Gasteiger partial charge in [0.15, 0.2) is 5.66 Å². The maximum Gasteiger partial charge on any atom is 0.220 e. The van der Waals surface area contributed by atoms with Gasteiger partial charge in [-0.05, 0) is 12.8 Å². The number of piperidine rings is 1. The highest BCUT2D eigenvalue weighted by Gasteiger charge is 2.39. The third-order valence-electron chi connectivity index (χ3n) is 4.65. The van der Waals surface area contributed by atoms with Gasteiger partial charge in [-0.3, -0.25) is 9.48 Å². The van der Waals surface area contributed by atoms with Crippen LogP contribution in [-0.2, 0) is 11.8 Å². The first-order valence-electron chi connectivity index (χ1n) is 8.51. The molecule has 1 aromatic rings. The van der Waals surface area contributed by atoms with E-state index in [4.69, 9.17) is 6.42 Å². The third kappa shape index (κ3) is 4.13. The van der Waals surface area contributed by atoms with Crippen molar-refractivity contribution in [3.63, 3.8) is 0 Å². The van der Waals surface area contributed by atoms with Crippen molar-refractivity contribution in [1.29, 1.82) is 0 Å². The van der Waals surface area contributed by atoms with E-state index in [1.54, 1.807) is 4.68 Å². The lowest BCUT2D eigenvalue weighted by Gasteiger charge is -2.33. The molecule has 2 aliphatic rings. The van der Waals surface area contributed by atoms with E-state index >= 15 is 0 Å². The zero-order valence-electron chi connectivity index (χ0n) is 14.1. The van der Waals surface area contributed by atoms with Gasteiger partial charge in [0.25, 0.3) is 0 Å². The Hall–Kier alpha value is -2.36. The van der Waals surface area contributed by atoms with Gasteiger partial charge in [-0.2, -0.15) is 15.3 Å². The highest BCUT2D eigenvalue weighted by Crippen LogP contribution is 2.37. The monoisotopic (exact) mass is 328 g/mol. The average molecular weight is 328 g/mol. The second kappa shape index (κ2) is 7.04. The van der Waals surface area contributed by atoms with Crippen LogP contribution in [0.4, 0.5) is 5.69 Å². The number of rotatable bonds is 7. The van der Waals surface area contributed by atoms with Crippen LogP contribution in [-0.4, -0.2) is 40.5 Å². The van der Waals surface area contributed by atoms with Gasteiger partial charge in [-0.25, -0.2) is 0 Å². The fourth-order valence-corrected chi connectivity index (χ4v) is 3.18. The van der Waals surface area contributed by atoms with Gasteiger partial charge in [0.1, 0.15) is 0 Å². The Bertz CT molecular complexity index is 652. The molecule has 1 atom stereocenters. The Morgan fingerprint density at radius 1 is 1.50 bits per heavy atom. The van der Waals surface area contributed by atoms with Gasteiger partial charge in [0.2, 0.25) is 5.91 Å². The van der Waals surface area contributed by atoms with Crippen LogP contribution in [0.5, 0.6) is 0 Å². The van der Waals surface area contributed by atoms with Crippen LogP contribution in [0, 0.1) is 12.3 Å². The molecule has 0 bridgehead atoms. The second-order valence-electron chi connectivity index (χ2n) is 6.61. The first kappa shape index (κ1) is 16.5. The summed E-state index contributed by atoms with van der Waals surface area (Å²) in [5.74, 6) is 2.68. The molecular formula is C17H24N6O. The summed E-state index contributed by atoms with van der Waals surface area (Å²) in [6.07, 6.45) is 13.7. The van der Waals surface area contributed by atoms with Crippen LogP contribution in [0.3, 0.4) is 0 Å². The zero-order chi connectivity index (χ0) is 17.0. The van der Waals surface area contributed by atoms with Gasteiger partial charge in [-0.1, -0.05) is 0 Å². The maximum atomic E-state index is 12.2. The quantitative estimate of drug-likeness (QED) is 0.776. The summed E-state index contributed by atoms with van der Waals surface area (Å²) < 4.78 is 1.80. The van der Waals surface area contributed by atoms with E-state index < -0.39 is 0 Å². The van der Waals surface area contributed by atoms with Crippen molar-refractivity contribution in [2.24, 2.45) is 17.3 Å². The van der Waals surface area contributed by atoms with Crippen LogP contribution in [0.2, 0.25) is 0 Å². The lowest BCUT2D eigenvalue weighted by molar-refractivity contribution is -0.122. The van der Waals surface area contributed by atoms with Gasteiger partial charge in [0.05, 0.1) is 11.9 Å². The van der Waals surface area contributed by atoms with Gasteiger partial charge in [0, 0.05) is 58.1 Å². The van der Waals surface area contributed by atoms with Crippen molar-refractivity contribution in [1.82, 2.24) is 15.1 Å². The second-order valence-corrected chi connectivity index (χ2v) is 6.61. The lowest BCUT2D eigenvalue weighted by Crippen LogP contribution is -2.47. The van der Waals surface area contributed by atoms with Crippen LogP contribution in [0.15, 0.2) is 22.6 Å². The first-order chi connectivity index (χ1) is 11.6. The minimum Gasteiger partial charge on any atom is -0.367 e. The summed E-state index contributed by atoms with van der Waals surface area (Å²) in [5, 5.41) is 15.5.